The van der Waals surface area contributed by atoms with Gasteiger partial charge in [-0.25, -0.2) is 4.79 Å². The third-order valence-electron chi connectivity index (χ3n) is 4.18. The van der Waals surface area contributed by atoms with Crippen LogP contribution in [0.2, 0.25) is 0 Å². The summed E-state index contributed by atoms with van der Waals surface area (Å²) < 4.78 is 5.01. The van der Waals surface area contributed by atoms with Crippen LogP contribution in [0.25, 0.3) is 0 Å². The lowest BCUT2D eigenvalue weighted by molar-refractivity contribution is -0.132. The molecule has 0 amide bonds. The molecule has 21 heavy (non-hydrogen) atoms. The summed E-state index contributed by atoms with van der Waals surface area (Å²) in [4.78, 5) is 11.1. The first kappa shape index (κ1) is 15.4. The highest BCUT2D eigenvalue weighted by atomic mass is 16.5. The molecule has 2 rings (SSSR count). The molecule has 0 aromatic carbocycles. The van der Waals surface area contributed by atoms with Crippen LogP contribution in [0.1, 0.15) is 40.5 Å². The molecule has 0 spiro atoms. The summed E-state index contributed by atoms with van der Waals surface area (Å²) in [5.41, 5.74) is 2.53. The standard InChI is InChI=1S/C19H22O2/c1-14-9-8-12-19(3,4)16(14)10-6-5-7-11-17-15(2)13-18(20)21-17/h6,9-11,13,16H,8,12H2,1-4H3/b10-6+,17-11-. The van der Waals surface area contributed by atoms with Crippen molar-refractivity contribution in [1.82, 2.24) is 0 Å². The fourth-order valence-corrected chi connectivity index (χ4v) is 2.89. The van der Waals surface area contributed by atoms with Gasteiger partial charge in [-0.3, -0.25) is 0 Å². The van der Waals surface area contributed by atoms with Gasteiger partial charge in [-0.1, -0.05) is 43.4 Å². The molecular formula is C19H22O2. The van der Waals surface area contributed by atoms with Gasteiger partial charge in [0.05, 0.1) is 0 Å². The summed E-state index contributed by atoms with van der Waals surface area (Å²) in [6.45, 7) is 8.64. The largest absolute Gasteiger partial charge is 0.422 e. The Hall–Kier alpha value is -2.01. The van der Waals surface area contributed by atoms with E-state index in [4.69, 9.17) is 4.74 Å². The van der Waals surface area contributed by atoms with Crippen molar-refractivity contribution in [3.63, 3.8) is 0 Å². The predicted octanol–water partition coefficient (Wildman–Crippen LogP) is 4.32. The highest BCUT2D eigenvalue weighted by molar-refractivity contribution is 5.88. The van der Waals surface area contributed by atoms with E-state index in [1.54, 1.807) is 6.08 Å². The lowest BCUT2D eigenvalue weighted by atomic mass is 9.68. The maximum Gasteiger partial charge on any atom is 0.336 e. The molecule has 0 saturated heterocycles. The highest BCUT2D eigenvalue weighted by Gasteiger charge is 2.30. The number of hydrogen-bond donors (Lipinski definition) is 0. The maximum atomic E-state index is 11.1. The quantitative estimate of drug-likeness (QED) is 0.407. The third kappa shape index (κ3) is 3.76. The average molecular weight is 282 g/mol. The molecule has 0 radical (unpaired) electrons. The monoisotopic (exact) mass is 282 g/mol. The molecule has 2 nitrogen and oxygen atoms in total. The summed E-state index contributed by atoms with van der Waals surface area (Å²) in [7, 11) is 0. The van der Waals surface area contributed by atoms with Crippen molar-refractivity contribution in [2.24, 2.45) is 11.3 Å². The molecule has 2 heteroatoms. The number of esters is 1. The minimum absolute atomic E-state index is 0.287. The first-order valence-corrected chi connectivity index (χ1v) is 7.35. The molecule has 110 valence electrons. The summed E-state index contributed by atoms with van der Waals surface area (Å²) in [5.74, 6) is 6.60. The molecule has 1 aliphatic carbocycles. The summed E-state index contributed by atoms with van der Waals surface area (Å²) >= 11 is 0. The lowest BCUT2D eigenvalue weighted by Gasteiger charge is -2.36. The van der Waals surface area contributed by atoms with Crippen molar-refractivity contribution in [2.75, 3.05) is 0 Å². The Bertz CT molecular complexity index is 616. The highest BCUT2D eigenvalue weighted by Crippen LogP contribution is 2.41. The van der Waals surface area contributed by atoms with Crippen molar-refractivity contribution < 1.29 is 9.53 Å². The van der Waals surface area contributed by atoms with Crippen LogP contribution in [-0.2, 0) is 9.53 Å². The number of rotatable bonds is 1. The molecule has 2 aliphatic rings. The molecule has 0 aromatic heterocycles. The van der Waals surface area contributed by atoms with E-state index >= 15 is 0 Å². The van der Waals surface area contributed by atoms with Gasteiger partial charge in [0.2, 0.25) is 0 Å². The van der Waals surface area contributed by atoms with Crippen LogP contribution < -0.4 is 0 Å². The van der Waals surface area contributed by atoms with Crippen LogP contribution in [-0.4, -0.2) is 5.97 Å². The van der Waals surface area contributed by atoms with Gasteiger partial charge in [0, 0.05) is 18.1 Å². The smallest absolute Gasteiger partial charge is 0.336 e. The molecule has 0 fully saturated rings. The first-order chi connectivity index (χ1) is 9.90. The molecule has 1 unspecified atom stereocenters. The van der Waals surface area contributed by atoms with Gasteiger partial charge in [0.1, 0.15) is 5.76 Å². The van der Waals surface area contributed by atoms with Crippen molar-refractivity contribution in [3.8, 4) is 11.8 Å². The fraction of sp³-hybridized carbons (Fsp3) is 0.421. The normalized spacial score (nSPS) is 26.2. The molecule has 0 bridgehead atoms. The molecule has 0 aromatic rings. The Labute approximate surface area is 127 Å². The lowest BCUT2D eigenvalue weighted by Crippen LogP contribution is -2.26. The van der Waals surface area contributed by atoms with Crippen LogP contribution in [0.15, 0.2) is 47.3 Å². The van der Waals surface area contributed by atoms with Gasteiger partial charge >= 0.3 is 5.97 Å². The average Bonchev–Trinajstić information content (AvgIpc) is 2.70. The van der Waals surface area contributed by atoms with Crippen LogP contribution in [0.5, 0.6) is 0 Å². The van der Waals surface area contributed by atoms with Crippen LogP contribution >= 0.6 is 0 Å². The number of ether oxygens (including phenoxy) is 1. The topological polar surface area (TPSA) is 26.3 Å². The minimum Gasteiger partial charge on any atom is -0.422 e. The molecule has 0 saturated carbocycles. The van der Waals surface area contributed by atoms with Gasteiger partial charge in [0.25, 0.3) is 0 Å². The van der Waals surface area contributed by atoms with Gasteiger partial charge < -0.3 is 4.74 Å². The zero-order valence-electron chi connectivity index (χ0n) is 13.2. The first-order valence-electron chi connectivity index (χ1n) is 7.35. The number of carbonyl (C=O) groups excluding carboxylic acids is 1. The zero-order chi connectivity index (χ0) is 15.5. The van der Waals surface area contributed by atoms with Crippen molar-refractivity contribution >= 4 is 5.97 Å². The summed E-state index contributed by atoms with van der Waals surface area (Å²) in [6.07, 6.45) is 11.9. The molecule has 1 aliphatic heterocycles. The Morgan fingerprint density at radius 2 is 2.10 bits per heavy atom. The van der Waals surface area contributed by atoms with E-state index in [0.717, 1.165) is 12.0 Å². The Kier molecular flexibility index (Phi) is 4.53. The van der Waals surface area contributed by atoms with Crippen LogP contribution in [0.4, 0.5) is 0 Å². The van der Waals surface area contributed by atoms with E-state index in [0.29, 0.717) is 11.7 Å². The second-order valence-corrected chi connectivity index (χ2v) is 6.36. The Morgan fingerprint density at radius 3 is 2.71 bits per heavy atom. The van der Waals surface area contributed by atoms with E-state index < -0.39 is 0 Å². The van der Waals surface area contributed by atoms with Gasteiger partial charge in [-0.05, 0) is 43.8 Å². The van der Waals surface area contributed by atoms with Crippen molar-refractivity contribution in [3.05, 3.63) is 47.3 Å². The number of allylic oxidation sites excluding steroid dienone is 6. The van der Waals surface area contributed by atoms with E-state index in [2.05, 4.69) is 44.8 Å². The summed E-state index contributed by atoms with van der Waals surface area (Å²) in [6, 6.07) is 0. The van der Waals surface area contributed by atoms with Crippen LogP contribution in [0.3, 0.4) is 0 Å². The zero-order valence-corrected chi connectivity index (χ0v) is 13.2. The Balaban J connectivity index is 2.04. The number of cyclic esters (lactones) is 1. The molecular weight excluding hydrogens is 260 g/mol. The van der Waals surface area contributed by atoms with Crippen molar-refractivity contribution in [2.45, 2.75) is 40.5 Å². The number of carbonyl (C=O) groups is 1. The van der Waals surface area contributed by atoms with Gasteiger partial charge in [0.15, 0.2) is 0 Å². The van der Waals surface area contributed by atoms with E-state index in [-0.39, 0.29) is 11.4 Å². The van der Waals surface area contributed by atoms with Gasteiger partial charge in [-0.15, -0.1) is 0 Å². The van der Waals surface area contributed by atoms with E-state index in [9.17, 15) is 4.79 Å². The molecule has 1 atom stereocenters. The SMILES string of the molecule is CC1=CC(=O)O/C1=C\C#C/C=C/C1C(C)=CCCC1(C)C. The van der Waals surface area contributed by atoms with Crippen molar-refractivity contribution in [1.29, 1.82) is 0 Å². The second kappa shape index (κ2) is 6.18. The second-order valence-electron chi connectivity index (χ2n) is 6.36. The predicted molar refractivity (Wildman–Crippen MR) is 85.1 cm³/mol. The fourth-order valence-electron chi connectivity index (χ4n) is 2.89. The van der Waals surface area contributed by atoms with E-state index in [1.807, 2.05) is 13.0 Å². The summed E-state index contributed by atoms with van der Waals surface area (Å²) in [5, 5.41) is 0. The minimum atomic E-state index is -0.319. The third-order valence-corrected chi connectivity index (χ3v) is 4.18. The van der Waals surface area contributed by atoms with Crippen LogP contribution in [0, 0.1) is 23.2 Å². The molecule has 1 heterocycles. The van der Waals surface area contributed by atoms with Gasteiger partial charge in [-0.2, -0.15) is 0 Å². The maximum absolute atomic E-state index is 11.1. The molecule has 0 N–H and O–H groups in total. The Morgan fingerprint density at radius 1 is 1.33 bits per heavy atom. The van der Waals surface area contributed by atoms with E-state index in [1.165, 1.54) is 18.1 Å². The number of hydrogen-bond acceptors (Lipinski definition) is 2.